The summed E-state index contributed by atoms with van der Waals surface area (Å²) in [6, 6.07) is 0.597. The average molecular weight is 382 g/mol. The molecule has 28 heavy (non-hydrogen) atoms. The van der Waals surface area contributed by atoms with Crippen LogP contribution in [0.25, 0.3) is 0 Å². The van der Waals surface area contributed by atoms with Gasteiger partial charge in [0.1, 0.15) is 0 Å². The average Bonchev–Trinajstić information content (AvgIpc) is 3.27. The summed E-state index contributed by atoms with van der Waals surface area (Å²) in [5.41, 5.74) is 0. The molecule has 0 spiro atoms. The van der Waals surface area contributed by atoms with Crippen molar-refractivity contribution in [2.75, 3.05) is 6.54 Å². The molecule has 4 aliphatic carbocycles. The highest BCUT2D eigenvalue weighted by atomic mass is 15.1. The van der Waals surface area contributed by atoms with Crippen molar-refractivity contribution in [2.24, 2.45) is 47.3 Å². The fourth-order valence-corrected chi connectivity index (χ4v) is 8.72. The molecule has 1 nitrogen and oxygen atoms in total. The van der Waals surface area contributed by atoms with E-state index >= 15 is 0 Å². The van der Waals surface area contributed by atoms with Crippen molar-refractivity contribution in [3.63, 3.8) is 0 Å². The molecule has 8 unspecified atom stereocenters. The number of fused-ring (bicyclic) bond motifs is 2. The molecule has 0 aromatic rings. The molecule has 4 saturated carbocycles. The minimum absolute atomic E-state index is 0.450. The lowest BCUT2D eigenvalue weighted by molar-refractivity contribution is 0.0890. The normalized spacial score (nSPS) is 47.8. The van der Waals surface area contributed by atoms with Crippen LogP contribution < -0.4 is 0 Å². The Bertz CT molecular complexity index is 506. The van der Waals surface area contributed by atoms with Crippen LogP contribution in [-0.4, -0.2) is 17.5 Å². The predicted molar refractivity (Wildman–Crippen MR) is 116 cm³/mol. The standard InChI is InChI=1S/C27H43N/c1-19-24(15-20-9-4-3-5-10-20)26-16-21-11-8-12-22(21)17-27(26)25(19)18-23-13-6-7-14-28(23)2/h1-2,19-27H,3-18H2. The van der Waals surface area contributed by atoms with Gasteiger partial charge in [0.25, 0.3) is 0 Å². The zero-order valence-electron chi connectivity index (χ0n) is 18.1. The first-order valence-electron chi connectivity index (χ1n) is 13.0. The topological polar surface area (TPSA) is 3.24 Å². The zero-order valence-corrected chi connectivity index (χ0v) is 18.1. The molecule has 0 N–H and O–H groups in total. The van der Waals surface area contributed by atoms with Crippen LogP contribution >= 0.6 is 0 Å². The highest BCUT2D eigenvalue weighted by molar-refractivity contribution is 5.04. The molecule has 1 heteroatoms. The predicted octanol–water partition coefficient (Wildman–Crippen LogP) is 6.89. The van der Waals surface area contributed by atoms with Crippen molar-refractivity contribution >= 4 is 0 Å². The Kier molecular flexibility index (Phi) is 6.11. The highest BCUT2D eigenvalue weighted by Gasteiger charge is 2.53. The summed E-state index contributed by atoms with van der Waals surface area (Å²) in [6.45, 7) is 8.25. The molecule has 1 aliphatic heterocycles. The Balaban J connectivity index is 1.33. The van der Waals surface area contributed by atoms with Gasteiger partial charge in [-0.3, -0.25) is 4.90 Å². The second kappa shape index (κ2) is 8.60. The lowest BCUT2D eigenvalue weighted by Gasteiger charge is -2.41. The van der Waals surface area contributed by atoms with Crippen molar-refractivity contribution in [3.05, 3.63) is 14.0 Å². The van der Waals surface area contributed by atoms with Crippen LogP contribution in [0.2, 0.25) is 0 Å². The van der Waals surface area contributed by atoms with Gasteiger partial charge in [-0.05, 0) is 99.3 Å². The number of piperidine rings is 1. The van der Waals surface area contributed by atoms with Gasteiger partial charge in [-0.1, -0.05) is 57.8 Å². The van der Waals surface area contributed by atoms with Crippen LogP contribution in [0.4, 0.5) is 0 Å². The molecule has 0 bridgehead atoms. The molecule has 4 radical (unpaired) electrons. The van der Waals surface area contributed by atoms with Crippen molar-refractivity contribution in [2.45, 2.75) is 102 Å². The van der Waals surface area contributed by atoms with E-state index in [9.17, 15) is 0 Å². The molecule has 5 fully saturated rings. The monoisotopic (exact) mass is 381 g/mol. The summed E-state index contributed by atoms with van der Waals surface area (Å²) in [4.78, 5) is 2.18. The maximum Gasteiger partial charge on any atom is 0.0441 e. The van der Waals surface area contributed by atoms with Gasteiger partial charge in [-0.2, -0.15) is 0 Å². The van der Waals surface area contributed by atoms with E-state index in [1.807, 2.05) is 0 Å². The van der Waals surface area contributed by atoms with Gasteiger partial charge >= 0.3 is 0 Å². The maximum atomic E-state index is 7.15. The van der Waals surface area contributed by atoms with Crippen molar-refractivity contribution in [1.82, 2.24) is 4.90 Å². The van der Waals surface area contributed by atoms with Gasteiger partial charge in [-0.25, -0.2) is 0 Å². The van der Waals surface area contributed by atoms with E-state index in [4.69, 9.17) is 14.0 Å². The van der Waals surface area contributed by atoms with Gasteiger partial charge in [0.05, 0.1) is 0 Å². The molecule has 0 aromatic carbocycles. The van der Waals surface area contributed by atoms with E-state index in [0.29, 0.717) is 12.0 Å². The molecule has 8 atom stereocenters. The van der Waals surface area contributed by atoms with E-state index in [1.54, 1.807) is 0 Å². The van der Waals surface area contributed by atoms with Gasteiger partial charge < -0.3 is 0 Å². The summed E-state index contributed by atoms with van der Waals surface area (Å²) in [5, 5.41) is 0. The number of likely N-dealkylation sites (tertiary alicyclic amines) is 1. The number of rotatable bonds is 4. The summed E-state index contributed by atoms with van der Waals surface area (Å²) in [5.74, 6) is 6.92. The molecular formula is C27H43N. The van der Waals surface area contributed by atoms with Gasteiger partial charge in [0, 0.05) is 13.1 Å². The quantitative estimate of drug-likeness (QED) is 0.512. The minimum Gasteiger partial charge on any atom is -0.294 e. The van der Waals surface area contributed by atoms with Crippen molar-refractivity contribution in [1.29, 1.82) is 0 Å². The zero-order chi connectivity index (χ0) is 19.1. The first-order chi connectivity index (χ1) is 13.7. The molecule has 0 amide bonds. The molecule has 5 rings (SSSR count). The fourth-order valence-electron chi connectivity index (χ4n) is 8.72. The highest BCUT2D eigenvalue weighted by Crippen LogP contribution is 2.60. The fraction of sp³-hybridized carbons (Fsp3) is 0.926. The summed E-state index contributed by atoms with van der Waals surface area (Å²) >= 11 is 0. The Hall–Kier alpha value is -0.0400. The molecular weight excluding hydrogens is 338 g/mol. The Morgan fingerprint density at radius 2 is 1.32 bits per heavy atom. The smallest absolute Gasteiger partial charge is 0.0441 e. The Morgan fingerprint density at radius 3 is 2.00 bits per heavy atom. The first-order valence-corrected chi connectivity index (χ1v) is 13.0. The third-order valence-electron chi connectivity index (χ3n) is 10.2. The lowest BCUT2D eigenvalue weighted by atomic mass is 9.65. The minimum atomic E-state index is 0.450. The molecule has 1 saturated heterocycles. The Labute approximate surface area is 175 Å². The molecule has 156 valence electrons. The van der Waals surface area contributed by atoms with Gasteiger partial charge in [-0.15, -0.1) is 0 Å². The van der Waals surface area contributed by atoms with Crippen LogP contribution in [0.1, 0.15) is 96.3 Å². The number of hydrogen-bond donors (Lipinski definition) is 0. The van der Waals surface area contributed by atoms with Crippen molar-refractivity contribution in [3.8, 4) is 0 Å². The van der Waals surface area contributed by atoms with Crippen LogP contribution in [0, 0.1) is 61.3 Å². The Morgan fingerprint density at radius 1 is 0.679 bits per heavy atom. The lowest BCUT2D eigenvalue weighted by Crippen LogP contribution is -2.38. The summed E-state index contributed by atoms with van der Waals surface area (Å²) < 4.78 is 0. The van der Waals surface area contributed by atoms with E-state index in [-0.39, 0.29) is 0 Å². The van der Waals surface area contributed by atoms with Gasteiger partial charge in [0.15, 0.2) is 0 Å². The molecule has 0 aromatic heterocycles. The SMILES string of the molecule is [CH]C1C(CC2CCCCC2)C2CC3CCCC3CC2C1CC1CCCCN1[CH]. The van der Waals surface area contributed by atoms with E-state index in [1.165, 1.54) is 96.3 Å². The summed E-state index contributed by atoms with van der Waals surface area (Å²) in [6.07, 6.45) is 21.6. The molecule has 5 aliphatic rings. The van der Waals surface area contributed by atoms with Crippen molar-refractivity contribution < 1.29 is 0 Å². The largest absolute Gasteiger partial charge is 0.294 e. The van der Waals surface area contributed by atoms with Crippen LogP contribution in [0.3, 0.4) is 0 Å². The van der Waals surface area contributed by atoms with Crippen LogP contribution in [-0.2, 0) is 0 Å². The van der Waals surface area contributed by atoms with E-state index in [0.717, 1.165) is 48.0 Å². The van der Waals surface area contributed by atoms with E-state index in [2.05, 4.69) is 4.90 Å². The third-order valence-corrected chi connectivity index (χ3v) is 10.2. The maximum absolute atomic E-state index is 7.15. The first kappa shape index (κ1) is 19.9. The van der Waals surface area contributed by atoms with Crippen LogP contribution in [0.15, 0.2) is 0 Å². The van der Waals surface area contributed by atoms with E-state index < -0.39 is 0 Å². The third kappa shape index (κ3) is 3.83. The van der Waals surface area contributed by atoms with Gasteiger partial charge in [0.2, 0.25) is 0 Å². The second-order valence-corrected chi connectivity index (χ2v) is 11.5. The number of hydrogen-bond acceptors (Lipinski definition) is 1. The molecule has 1 heterocycles. The summed E-state index contributed by atoms with van der Waals surface area (Å²) in [7, 11) is 6.43. The van der Waals surface area contributed by atoms with Crippen LogP contribution in [0.5, 0.6) is 0 Å². The number of nitrogens with zero attached hydrogens (tertiary/aromatic N) is 1. The second-order valence-electron chi connectivity index (χ2n) is 11.5.